The Labute approximate surface area is 181 Å². The lowest BCUT2D eigenvalue weighted by Crippen LogP contribution is -2.42. The number of methoxy groups -OCH3 is 1. The molecule has 0 aliphatic carbocycles. The summed E-state index contributed by atoms with van der Waals surface area (Å²) in [5, 5.41) is 5.82. The number of pyridine rings is 1. The first-order valence-electron chi connectivity index (χ1n) is 10.1. The molecule has 2 N–H and O–H groups in total. The van der Waals surface area contributed by atoms with Crippen molar-refractivity contribution in [2.45, 2.75) is 19.5 Å². The van der Waals surface area contributed by atoms with Crippen LogP contribution in [0.2, 0.25) is 0 Å². The zero-order valence-corrected chi connectivity index (χ0v) is 17.3. The third-order valence-electron chi connectivity index (χ3n) is 5.31. The van der Waals surface area contributed by atoms with Crippen LogP contribution in [0, 0.1) is 0 Å². The fraction of sp³-hybridized carbons (Fsp3) is 0.208. The van der Waals surface area contributed by atoms with Crippen LogP contribution in [0.25, 0.3) is 0 Å². The Morgan fingerprint density at radius 3 is 2.55 bits per heavy atom. The SMILES string of the molecule is COc1ccc2c(c1)CN(C(=O)NCc1ccc(NC(=O)c3ccncc3)cc1)CC2. The third-order valence-corrected chi connectivity index (χ3v) is 5.31. The van der Waals surface area contributed by atoms with E-state index in [4.69, 9.17) is 4.74 Å². The zero-order valence-electron chi connectivity index (χ0n) is 17.3. The second-order valence-electron chi connectivity index (χ2n) is 7.35. The Balaban J connectivity index is 1.30. The summed E-state index contributed by atoms with van der Waals surface area (Å²) in [6, 6.07) is 16.7. The largest absolute Gasteiger partial charge is 0.497 e. The Kier molecular flexibility index (Phi) is 6.12. The van der Waals surface area contributed by atoms with Crippen molar-refractivity contribution in [1.29, 1.82) is 0 Å². The second kappa shape index (κ2) is 9.30. The van der Waals surface area contributed by atoms with Gasteiger partial charge < -0.3 is 20.3 Å². The van der Waals surface area contributed by atoms with Crippen molar-refractivity contribution in [3.8, 4) is 5.75 Å². The summed E-state index contributed by atoms with van der Waals surface area (Å²) < 4.78 is 5.29. The van der Waals surface area contributed by atoms with Crippen LogP contribution in [0.3, 0.4) is 0 Å². The number of nitrogens with one attached hydrogen (secondary N) is 2. The first kappa shape index (κ1) is 20.4. The van der Waals surface area contributed by atoms with E-state index in [1.807, 2.05) is 41.3 Å². The average molecular weight is 416 g/mol. The Bertz CT molecular complexity index is 1070. The summed E-state index contributed by atoms with van der Waals surface area (Å²) >= 11 is 0. The number of ether oxygens (including phenoxy) is 1. The average Bonchev–Trinajstić information content (AvgIpc) is 2.83. The van der Waals surface area contributed by atoms with E-state index < -0.39 is 0 Å². The van der Waals surface area contributed by atoms with Gasteiger partial charge in [0.25, 0.3) is 5.91 Å². The van der Waals surface area contributed by atoms with Crippen LogP contribution >= 0.6 is 0 Å². The van der Waals surface area contributed by atoms with Crippen LogP contribution in [-0.2, 0) is 19.5 Å². The molecule has 1 aromatic heterocycles. The molecule has 2 aromatic carbocycles. The van der Waals surface area contributed by atoms with E-state index in [0.717, 1.165) is 23.3 Å². The van der Waals surface area contributed by atoms with Crippen LogP contribution < -0.4 is 15.4 Å². The van der Waals surface area contributed by atoms with E-state index in [0.29, 0.717) is 30.9 Å². The number of carbonyl (C=O) groups is 2. The summed E-state index contributed by atoms with van der Waals surface area (Å²) in [6.45, 7) is 1.67. The molecule has 0 saturated heterocycles. The molecule has 3 aromatic rings. The molecule has 2 heterocycles. The van der Waals surface area contributed by atoms with Crippen LogP contribution in [-0.4, -0.2) is 35.5 Å². The molecule has 3 amide bonds. The zero-order chi connectivity index (χ0) is 21.6. The maximum absolute atomic E-state index is 12.6. The fourth-order valence-corrected chi connectivity index (χ4v) is 3.54. The third kappa shape index (κ3) is 5.01. The van der Waals surface area contributed by atoms with Gasteiger partial charge in [-0.2, -0.15) is 0 Å². The number of carbonyl (C=O) groups excluding carboxylic acids is 2. The summed E-state index contributed by atoms with van der Waals surface area (Å²) in [6.07, 6.45) is 3.99. The predicted molar refractivity (Wildman–Crippen MR) is 118 cm³/mol. The second-order valence-corrected chi connectivity index (χ2v) is 7.35. The van der Waals surface area contributed by atoms with Gasteiger partial charge in [0.15, 0.2) is 0 Å². The van der Waals surface area contributed by atoms with Gasteiger partial charge in [0.05, 0.1) is 7.11 Å². The molecule has 0 fully saturated rings. The van der Waals surface area contributed by atoms with E-state index in [-0.39, 0.29) is 11.9 Å². The molecule has 0 bridgehead atoms. The minimum absolute atomic E-state index is 0.0939. The quantitative estimate of drug-likeness (QED) is 0.666. The van der Waals surface area contributed by atoms with Crippen molar-refractivity contribution in [2.24, 2.45) is 0 Å². The number of anilines is 1. The molecule has 1 aliphatic rings. The number of aromatic nitrogens is 1. The first-order chi connectivity index (χ1) is 15.1. The van der Waals surface area contributed by atoms with Gasteiger partial charge in [-0.3, -0.25) is 9.78 Å². The Morgan fingerprint density at radius 1 is 1.03 bits per heavy atom. The van der Waals surface area contributed by atoms with Crippen molar-refractivity contribution in [2.75, 3.05) is 19.0 Å². The van der Waals surface area contributed by atoms with Gasteiger partial charge in [-0.05, 0) is 59.5 Å². The molecule has 158 valence electrons. The highest BCUT2D eigenvalue weighted by Crippen LogP contribution is 2.23. The number of hydrogen-bond acceptors (Lipinski definition) is 4. The van der Waals surface area contributed by atoms with E-state index in [1.165, 1.54) is 5.56 Å². The highest BCUT2D eigenvalue weighted by Gasteiger charge is 2.20. The molecule has 0 saturated carbocycles. The lowest BCUT2D eigenvalue weighted by atomic mass is 10.00. The van der Waals surface area contributed by atoms with Crippen LogP contribution in [0.15, 0.2) is 67.0 Å². The highest BCUT2D eigenvalue weighted by atomic mass is 16.5. The normalized spacial score (nSPS) is 12.6. The molecule has 1 aliphatic heterocycles. The van der Waals surface area contributed by atoms with E-state index in [2.05, 4.69) is 21.7 Å². The molecule has 0 spiro atoms. The molecule has 0 radical (unpaired) electrons. The number of nitrogens with zero attached hydrogens (tertiary/aromatic N) is 2. The summed E-state index contributed by atoms with van der Waals surface area (Å²) in [4.78, 5) is 30.6. The summed E-state index contributed by atoms with van der Waals surface area (Å²) in [5.41, 5.74) is 4.57. The standard InChI is InChI=1S/C24H24N4O3/c1-31-22-7-4-18-10-13-28(16-20(18)14-22)24(30)26-15-17-2-5-21(6-3-17)27-23(29)19-8-11-25-12-9-19/h2-9,11-12,14H,10,13,15-16H2,1H3,(H,26,30)(H,27,29). The van der Waals surface area contributed by atoms with Crippen molar-refractivity contribution < 1.29 is 14.3 Å². The van der Waals surface area contributed by atoms with Gasteiger partial charge in [-0.25, -0.2) is 4.79 Å². The molecule has 7 nitrogen and oxygen atoms in total. The number of rotatable bonds is 5. The number of amides is 3. The fourth-order valence-electron chi connectivity index (χ4n) is 3.54. The van der Waals surface area contributed by atoms with Gasteiger partial charge in [0.2, 0.25) is 0 Å². The maximum atomic E-state index is 12.6. The molecular formula is C24H24N4O3. The van der Waals surface area contributed by atoms with Gasteiger partial charge in [0, 0.05) is 43.3 Å². The number of urea groups is 1. The van der Waals surface area contributed by atoms with Crippen molar-refractivity contribution >= 4 is 17.6 Å². The Morgan fingerprint density at radius 2 is 1.81 bits per heavy atom. The molecule has 31 heavy (non-hydrogen) atoms. The van der Waals surface area contributed by atoms with Gasteiger partial charge in [-0.15, -0.1) is 0 Å². The van der Waals surface area contributed by atoms with E-state index in [9.17, 15) is 9.59 Å². The number of hydrogen-bond donors (Lipinski definition) is 2. The van der Waals surface area contributed by atoms with Gasteiger partial charge in [0.1, 0.15) is 5.75 Å². The van der Waals surface area contributed by atoms with Gasteiger partial charge in [-0.1, -0.05) is 18.2 Å². The molecule has 0 unspecified atom stereocenters. The van der Waals surface area contributed by atoms with Crippen LogP contribution in [0.4, 0.5) is 10.5 Å². The van der Waals surface area contributed by atoms with Crippen LogP contribution in [0.1, 0.15) is 27.0 Å². The van der Waals surface area contributed by atoms with Crippen molar-refractivity contribution in [3.05, 3.63) is 89.2 Å². The minimum atomic E-state index is -0.189. The van der Waals surface area contributed by atoms with Crippen molar-refractivity contribution in [3.63, 3.8) is 0 Å². The van der Waals surface area contributed by atoms with Crippen LogP contribution in [0.5, 0.6) is 5.75 Å². The summed E-state index contributed by atoms with van der Waals surface area (Å²) in [5.74, 6) is 0.614. The lowest BCUT2D eigenvalue weighted by molar-refractivity contribution is 0.102. The monoisotopic (exact) mass is 416 g/mol. The molecule has 4 rings (SSSR count). The molecular weight excluding hydrogens is 392 g/mol. The topological polar surface area (TPSA) is 83.6 Å². The first-order valence-corrected chi connectivity index (χ1v) is 10.1. The molecule has 7 heteroatoms. The van der Waals surface area contributed by atoms with Gasteiger partial charge >= 0.3 is 6.03 Å². The lowest BCUT2D eigenvalue weighted by Gasteiger charge is -2.29. The minimum Gasteiger partial charge on any atom is -0.497 e. The predicted octanol–water partition coefficient (Wildman–Crippen LogP) is 3.61. The number of fused-ring (bicyclic) bond motifs is 1. The highest BCUT2D eigenvalue weighted by molar-refractivity contribution is 6.04. The Hall–Kier alpha value is -3.87. The number of benzene rings is 2. The summed E-state index contributed by atoms with van der Waals surface area (Å²) in [7, 11) is 1.64. The van der Waals surface area contributed by atoms with E-state index >= 15 is 0 Å². The van der Waals surface area contributed by atoms with Crippen molar-refractivity contribution in [1.82, 2.24) is 15.2 Å². The maximum Gasteiger partial charge on any atom is 0.317 e. The smallest absolute Gasteiger partial charge is 0.317 e. The van der Waals surface area contributed by atoms with E-state index in [1.54, 1.807) is 31.6 Å². The molecule has 0 atom stereocenters.